The number of nitrogens with one attached hydrogen (secondary N) is 1. The van der Waals surface area contributed by atoms with Gasteiger partial charge >= 0.3 is 5.97 Å². The number of ketones is 1. The van der Waals surface area contributed by atoms with E-state index in [-0.39, 0.29) is 36.7 Å². The molecule has 158 valence electrons. The second-order valence-electron chi connectivity index (χ2n) is 7.67. The minimum absolute atomic E-state index is 0.0791. The fourth-order valence-corrected chi connectivity index (χ4v) is 3.23. The topological polar surface area (TPSA) is 117 Å². The molecule has 0 aliphatic carbocycles. The van der Waals surface area contributed by atoms with Crippen LogP contribution in [0.2, 0.25) is 0 Å². The van der Waals surface area contributed by atoms with Crippen molar-refractivity contribution in [3.8, 4) is 0 Å². The number of hydrogen-bond donors (Lipinski definition) is 4. The van der Waals surface area contributed by atoms with Crippen molar-refractivity contribution in [3.05, 3.63) is 0 Å². The van der Waals surface area contributed by atoms with Crippen LogP contribution in [0.4, 0.5) is 0 Å². The van der Waals surface area contributed by atoms with Gasteiger partial charge in [-0.15, -0.1) is 0 Å². The Labute approximate surface area is 168 Å². The molecule has 7 nitrogen and oxygen atoms in total. The first-order valence-electron chi connectivity index (χ1n) is 9.95. The SMILES string of the molecule is CCCCCOCC(C)[C@H](C)C(NCC(N)CS)C(=O)[C@]1(N)CCOC1=O. The molecule has 0 saturated carbocycles. The molecule has 8 heteroatoms. The molecule has 0 aromatic carbocycles. The first-order valence-corrected chi connectivity index (χ1v) is 10.6. The van der Waals surface area contributed by atoms with E-state index in [4.69, 9.17) is 20.9 Å². The summed E-state index contributed by atoms with van der Waals surface area (Å²) in [5.74, 6) is -0.449. The van der Waals surface area contributed by atoms with E-state index in [2.05, 4.69) is 24.9 Å². The number of carbonyl (C=O) groups is 2. The second kappa shape index (κ2) is 12.0. The average molecular weight is 404 g/mol. The molecule has 5 N–H and O–H groups in total. The van der Waals surface area contributed by atoms with E-state index in [1.807, 2.05) is 13.8 Å². The summed E-state index contributed by atoms with van der Waals surface area (Å²) in [5, 5.41) is 3.22. The van der Waals surface area contributed by atoms with Crippen LogP contribution in [0.3, 0.4) is 0 Å². The summed E-state index contributed by atoms with van der Waals surface area (Å²) in [6, 6.07) is -0.790. The summed E-state index contributed by atoms with van der Waals surface area (Å²) >= 11 is 4.19. The zero-order chi connectivity index (χ0) is 20.4. The summed E-state index contributed by atoms with van der Waals surface area (Å²) in [5.41, 5.74) is 10.5. The van der Waals surface area contributed by atoms with Gasteiger partial charge in [0.25, 0.3) is 0 Å². The van der Waals surface area contributed by atoms with Crippen molar-refractivity contribution < 1.29 is 19.1 Å². The van der Waals surface area contributed by atoms with Gasteiger partial charge in [0.05, 0.1) is 12.6 Å². The van der Waals surface area contributed by atoms with Crippen LogP contribution in [0.15, 0.2) is 0 Å². The van der Waals surface area contributed by atoms with E-state index in [9.17, 15) is 9.59 Å². The lowest BCUT2D eigenvalue weighted by Gasteiger charge is -2.33. The van der Waals surface area contributed by atoms with Gasteiger partial charge in [0.1, 0.15) is 0 Å². The summed E-state index contributed by atoms with van der Waals surface area (Å²) < 4.78 is 10.7. The van der Waals surface area contributed by atoms with E-state index < -0.39 is 17.6 Å². The Kier molecular flexibility index (Phi) is 10.8. The van der Waals surface area contributed by atoms with Crippen LogP contribution in [0.1, 0.15) is 46.5 Å². The fraction of sp³-hybridized carbons (Fsp3) is 0.895. The molecule has 0 amide bonds. The van der Waals surface area contributed by atoms with Gasteiger partial charge in [-0.2, -0.15) is 12.6 Å². The molecular weight excluding hydrogens is 366 g/mol. The van der Waals surface area contributed by atoms with Crippen LogP contribution < -0.4 is 16.8 Å². The number of carbonyl (C=O) groups excluding carboxylic acids is 2. The maximum atomic E-state index is 13.2. The van der Waals surface area contributed by atoms with Crippen molar-refractivity contribution in [3.63, 3.8) is 0 Å². The highest BCUT2D eigenvalue weighted by molar-refractivity contribution is 7.80. The Balaban J connectivity index is 2.77. The number of thiol groups is 1. The molecule has 1 fully saturated rings. The van der Waals surface area contributed by atoms with Crippen molar-refractivity contribution in [1.82, 2.24) is 5.32 Å². The number of nitrogens with two attached hydrogens (primary N) is 2. The molecule has 0 aromatic heterocycles. The first-order chi connectivity index (χ1) is 12.8. The van der Waals surface area contributed by atoms with Gasteiger partial charge in [-0.25, -0.2) is 4.79 Å². The third-order valence-corrected chi connectivity index (χ3v) is 5.82. The van der Waals surface area contributed by atoms with Gasteiger partial charge in [0.2, 0.25) is 0 Å². The van der Waals surface area contributed by atoms with Gasteiger partial charge < -0.3 is 26.3 Å². The van der Waals surface area contributed by atoms with Gasteiger partial charge in [0, 0.05) is 38.0 Å². The normalized spacial score (nSPS) is 24.3. The molecule has 0 spiro atoms. The molecule has 1 aliphatic heterocycles. The molecule has 1 saturated heterocycles. The number of cyclic esters (lactones) is 1. The molecule has 1 heterocycles. The Morgan fingerprint density at radius 2 is 2.11 bits per heavy atom. The summed E-state index contributed by atoms with van der Waals surface area (Å²) in [6.07, 6.45) is 3.53. The lowest BCUT2D eigenvalue weighted by molar-refractivity contribution is -0.147. The lowest BCUT2D eigenvalue weighted by Crippen LogP contribution is -2.62. The van der Waals surface area contributed by atoms with Crippen LogP contribution in [-0.4, -0.2) is 61.5 Å². The zero-order valence-corrected chi connectivity index (χ0v) is 17.8. The molecule has 0 bridgehead atoms. The predicted molar refractivity (Wildman–Crippen MR) is 110 cm³/mol. The maximum Gasteiger partial charge on any atom is 0.334 e. The Bertz CT molecular complexity index is 480. The molecule has 1 rings (SSSR count). The van der Waals surface area contributed by atoms with Crippen molar-refractivity contribution in [1.29, 1.82) is 0 Å². The van der Waals surface area contributed by atoms with Gasteiger partial charge in [0.15, 0.2) is 11.3 Å². The van der Waals surface area contributed by atoms with Crippen molar-refractivity contribution >= 4 is 24.4 Å². The summed E-state index contributed by atoms with van der Waals surface area (Å²) in [7, 11) is 0. The van der Waals surface area contributed by atoms with Crippen LogP contribution in [0.5, 0.6) is 0 Å². The monoisotopic (exact) mass is 403 g/mol. The van der Waals surface area contributed by atoms with E-state index in [1.54, 1.807) is 0 Å². The molecule has 1 aliphatic rings. The highest BCUT2D eigenvalue weighted by atomic mass is 32.1. The van der Waals surface area contributed by atoms with Gasteiger partial charge in [-0.3, -0.25) is 4.79 Å². The Morgan fingerprint density at radius 1 is 1.41 bits per heavy atom. The number of ether oxygens (including phenoxy) is 2. The number of Topliss-reactive ketones (excluding diaryl/α,β-unsaturated/α-hetero) is 1. The highest BCUT2D eigenvalue weighted by Crippen LogP contribution is 2.25. The largest absolute Gasteiger partial charge is 0.464 e. The van der Waals surface area contributed by atoms with Crippen molar-refractivity contribution in [2.75, 3.05) is 32.1 Å². The Morgan fingerprint density at radius 3 is 2.67 bits per heavy atom. The van der Waals surface area contributed by atoms with Crippen LogP contribution in [0, 0.1) is 11.8 Å². The van der Waals surface area contributed by atoms with Crippen molar-refractivity contribution in [2.24, 2.45) is 23.3 Å². The standard InChI is InChI=1S/C19H37N3O4S/c1-4-5-6-8-25-11-13(2)14(3)16(22-10-15(20)12-27)17(23)19(21)7-9-26-18(19)24/h13-16,22,27H,4-12,20-21H2,1-3H3/t13?,14-,15?,16?,19+/m0/s1. The molecule has 27 heavy (non-hydrogen) atoms. The van der Waals surface area contributed by atoms with Crippen LogP contribution in [0.25, 0.3) is 0 Å². The fourth-order valence-electron chi connectivity index (χ4n) is 3.10. The Hall–Kier alpha value is -0.670. The minimum Gasteiger partial charge on any atom is -0.464 e. The predicted octanol–water partition coefficient (Wildman–Crippen LogP) is 0.894. The van der Waals surface area contributed by atoms with Crippen molar-refractivity contribution in [2.45, 2.75) is 64.1 Å². The second-order valence-corrected chi connectivity index (χ2v) is 8.03. The molecular formula is C19H37N3O4S. The highest BCUT2D eigenvalue weighted by Gasteiger charge is 2.51. The molecule has 0 aromatic rings. The molecule has 3 unspecified atom stereocenters. The number of esters is 1. The number of hydrogen-bond acceptors (Lipinski definition) is 8. The molecule has 0 radical (unpaired) electrons. The smallest absolute Gasteiger partial charge is 0.334 e. The van der Waals surface area contributed by atoms with Crippen LogP contribution in [-0.2, 0) is 19.1 Å². The van der Waals surface area contributed by atoms with Gasteiger partial charge in [-0.05, 0) is 18.3 Å². The van der Waals surface area contributed by atoms with E-state index in [1.165, 1.54) is 0 Å². The molecule has 5 atom stereocenters. The quantitative estimate of drug-likeness (QED) is 0.147. The lowest BCUT2D eigenvalue weighted by atomic mass is 9.79. The summed E-state index contributed by atoms with van der Waals surface area (Å²) in [6.45, 7) is 8.03. The van der Waals surface area contributed by atoms with Crippen LogP contribution >= 0.6 is 12.6 Å². The zero-order valence-electron chi connectivity index (χ0n) is 16.9. The summed E-state index contributed by atoms with van der Waals surface area (Å²) in [4.78, 5) is 25.2. The third kappa shape index (κ3) is 7.02. The first kappa shape index (κ1) is 24.4. The average Bonchev–Trinajstić information content (AvgIpc) is 3.00. The van der Waals surface area contributed by atoms with Gasteiger partial charge in [-0.1, -0.05) is 33.6 Å². The van der Waals surface area contributed by atoms with E-state index in [0.29, 0.717) is 25.5 Å². The third-order valence-electron chi connectivity index (χ3n) is 5.35. The number of rotatable bonds is 14. The maximum absolute atomic E-state index is 13.2. The van der Waals surface area contributed by atoms with E-state index >= 15 is 0 Å². The number of unbranched alkanes of at least 4 members (excludes halogenated alkanes) is 2. The van der Waals surface area contributed by atoms with E-state index in [0.717, 1.165) is 19.3 Å². The minimum atomic E-state index is -1.58.